The molecule has 0 fully saturated rings. The number of nitrogens with one attached hydrogen (secondary N) is 1. The Morgan fingerprint density at radius 1 is 1.39 bits per heavy atom. The Balaban J connectivity index is 2.66. The molecule has 1 atom stereocenters. The second-order valence-corrected chi connectivity index (χ2v) is 6.36. The number of rotatable bonds is 6. The van der Waals surface area contributed by atoms with E-state index < -0.39 is 21.9 Å². The molecule has 102 valence electrons. The van der Waals surface area contributed by atoms with Crippen molar-refractivity contribution >= 4 is 10.0 Å². The number of aliphatic hydroxyl groups excluding tert-OH is 1. The van der Waals surface area contributed by atoms with Crippen LogP contribution in [-0.4, -0.2) is 26.2 Å². The van der Waals surface area contributed by atoms with Gasteiger partial charge in [-0.25, -0.2) is 17.5 Å². The quantitative estimate of drug-likeness (QED) is 0.827. The second-order valence-electron chi connectivity index (χ2n) is 4.59. The van der Waals surface area contributed by atoms with Gasteiger partial charge in [-0.3, -0.25) is 0 Å². The number of benzene rings is 1. The maximum atomic E-state index is 12.9. The minimum absolute atomic E-state index is 0.0724. The van der Waals surface area contributed by atoms with Crippen LogP contribution in [0.3, 0.4) is 0 Å². The van der Waals surface area contributed by atoms with E-state index in [0.717, 1.165) is 6.07 Å². The van der Waals surface area contributed by atoms with E-state index in [4.69, 9.17) is 0 Å². The van der Waals surface area contributed by atoms with Crippen LogP contribution in [-0.2, 0) is 10.0 Å². The van der Waals surface area contributed by atoms with Crippen LogP contribution in [0.15, 0.2) is 29.2 Å². The first-order valence-electron chi connectivity index (χ1n) is 5.74. The van der Waals surface area contributed by atoms with Gasteiger partial charge in [0, 0.05) is 6.54 Å². The summed E-state index contributed by atoms with van der Waals surface area (Å²) in [6, 6.07) is 4.75. The molecule has 1 unspecified atom stereocenters. The topological polar surface area (TPSA) is 66.4 Å². The first-order chi connectivity index (χ1) is 8.31. The molecule has 0 aliphatic heterocycles. The molecule has 1 aromatic rings. The van der Waals surface area contributed by atoms with Crippen LogP contribution in [0.4, 0.5) is 4.39 Å². The van der Waals surface area contributed by atoms with Gasteiger partial charge in [-0.1, -0.05) is 19.9 Å². The lowest BCUT2D eigenvalue weighted by Gasteiger charge is -2.14. The molecule has 6 heteroatoms. The van der Waals surface area contributed by atoms with Crippen molar-refractivity contribution in [1.82, 2.24) is 4.72 Å². The average molecular weight is 275 g/mol. The lowest BCUT2D eigenvalue weighted by Crippen LogP contribution is -2.32. The van der Waals surface area contributed by atoms with Crippen molar-refractivity contribution in [2.45, 2.75) is 31.3 Å². The van der Waals surface area contributed by atoms with Crippen molar-refractivity contribution in [2.24, 2.45) is 5.92 Å². The van der Waals surface area contributed by atoms with E-state index in [1.165, 1.54) is 18.2 Å². The van der Waals surface area contributed by atoms with Crippen LogP contribution in [0.1, 0.15) is 20.3 Å². The number of aliphatic hydroxyl groups is 1. The number of halogens is 1. The number of sulfonamides is 1. The normalized spacial score (nSPS) is 13.8. The summed E-state index contributed by atoms with van der Waals surface area (Å²) in [6.45, 7) is 3.80. The Kier molecular flexibility index (Phi) is 5.25. The third-order valence-electron chi connectivity index (χ3n) is 2.36. The van der Waals surface area contributed by atoms with Crippen LogP contribution in [0, 0.1) is 11.7 Å². The molecule has 1 aromatic carbocycles. The standard InChI is InChI=1S/C12H18FNO3S/c1-9(2)6-11(15)8-14-18(16,17)12-5-3-4-10(13)7-12/h3-5,7,9,11,14-15H,6,8H2,1-2H3. The third kappa shape index (κ3) is 4.72. The molecule has 18 heavy (non-hydrogen) atoms. The molecule has 0 spiro atoms. The largest absolute Gasteiger partial charge is 0.392 e. The molecule has 0 aliphatic rings. The molecule has 0 heterocycles. The Hall–Kier alpha value is -0.980. The Morgan fingerprint density at radius 3 is 2.61 bits per heavy atom. The van der Waals surface area contributed by atoms with Crippen molar-refractivity contribution < 1.29 is 17.9 Å². The summed E-state index contributed by atoms with van der Waals surface area (Å²) in [5, 5.41) is 9.58. The summed E-state index contributed by atoms with van der Waals surface area (Å²) in [5.41, 5.74) is 0. The zero-order chi connectivity index (χ0) is 13.8. The van der Waals surface area contributed by atoms with Crippen molar-refractivity contribution in [2.75, 3.05) is 6.54 Å². The molecule has 2 N–H and O–H groups in total. The van der Waals surface area contributed by atoms with E-state index in [-0.39, 0.29) is 17.4 Å². The highest BCUT2D eigenvalue weighted by Crippen LogP contribution is 2.11. The molecule has 0 radical (unpaired) electrons. The van der Waals surface area contributed by atoms with Gasteiger partial charge < -0.3 is 5.11 Å². The van der Waals surface area contributed by atoms with Gasteiger partial charge in [0.2, 0.25) is 10.0 Å². The monoisotopic (exact) mass is 275 g/mol. The summed E-state index contributed by atoms with van der Waals surface area (Å²) in [5.74, 6) is -0.334. The first-order valence-corrected chi connectivity index (χ1v) is 7.23. The van der Waals surface area contributed by atoms with E-state index in [2.05, 4.69) is 4.72 Å². The first kappa shape index (κ1) is 15.1. The van der Waals surface area contributed by atoms with E-state index in [0.29, 0.717) is 6.42 Å². The lowest BCUT2D eigenvalue weighted by atomic mass is 10.1. The zero-order valence-corrected chi connectivity index (χ0v) is 11.2. The number of hydrogen-bond acceptors (Lipinski definition) is 3. The van der Waals surface area contributed by atoms with Gasteiger partial charge in [0.05, 0.1) is 11.0 Å². The predicted molar refractivity (Wildman–Crippen MR) is 67.1 cm³/mol. The molecule has 0 bridgehead atoms. The molecular formula is C12H18FNO3S. The maximum absolute atomic E-state index is 12.9. The molecule has 4 nitrogen and oxygen atoms in total. The summed E-state index contributed by atoms with van der Waals surface area (Å²) >= 11 is 0. The molecule has 1 rings (SSSR count). The highest BCUT2D eigenvalue weighted by atomic mass is 32.2. The predicted octanol–water partition coefficient (Wildman–Crippen LogP) is 1.51. The lowest BCUT2D eigenvalue weighted by molar-refractivity contribution is 0.152. The van der Waals surface area contributed by atoms with Crippen LogP contribution in [0.5, 0.6) is 0 Å². The Bertz CT molecular complexity index is 488. The Morgan fingerprint density at radius 2 is 2.06 bits per heavy atom. The highest BCUT2D eigenvalue weighted by Gasteiger charge is 2.16. The van der Waals surface area contributed by atoms with Crippen LogP contribution in [0.2, 0.25) is 0 Å². The summed E-state index contributed by atoms with van der Waals surface area (Å²) in [7, 11) is -3.76. The van der Waals surface area contributed by atoms with E-state index in [1.807, 2.05) is 13.8 Å². The van der Waals surface area contributed by atoms with Gasteiger partial charge in [-0.2, -0.15) is 0 Å². The van der Waals surface area contributed by atoms with Crippen molar-refractivity contribution in [1.29, 1.82) is 0 Å². The molecule has 0 amide bonds. The highest BCUT2D eigenvalue weighted by molar-refractivity contribution is 7.89. The fourth-order valence-electron chi connectivity index (χ4n) is 1.55. The van der Waals surface area contributed by atoms with Gasteiger partial charge in [0.1, 0.15) is 5.82 Å². The van der Waals surface area contributed by atoms with Crippen molar-refractivity contribution in [3.05, 3.63) is 30.1 Å². The van der Waals surface area contributed by atoms with Crippen LogP contribution in [0.25, 0.3) is 0 Å². The van der Waals surface area contributed by atoms with Crippen LogP contribution >= 0.6 is 0 Å². The van der Waals surface area contributed by atoms with Gasteiger partial charge in [0.25, 0.3) is 0 Å². The Labute approximate surface area is 107 Å². The summed E-state index contributed by atoms with van der Waals surface area (Å²) < 4.78 is 38.8. The number of hydrogen-bond donors (Lipinski definition) is 2. The van der Waals surface area contributed by atoms with Crippen molar-refractivity contribution in [3.8, 4) is 0 Å². The zero-order valence-electron chi connectivity index (χ0n) is 10.4. The van der Waals surface area contributed by atoms with Gasteiger partial charge >= 0.3 is 0 Å². The fourth-order valence-corrected chi connectivity index (χ4v) is 2.65. The maximum Gasteiger partial charge on any atom is 0.240 e. The van der Waals surface area contributed by atoms with Crippen molar-refractivity contribution in [3.63, 3.8) is 0 Å². The molecule has 0 saturated carbocycles. The molecule has 0 aromatic heterocycles. The average Bonchev–Trinajstić information content (AvgIpc) is 2.26. The summed E-state index contributed by atoms with van der Waals surface area (Å²) in [4.78, 5) is -0.140. The van der Waals surface area contributed by atoms with E-state index >= 15 is 0 Å². The third-order valence-corrected chi connectivity index (χ3v) is 3.78. The minimum atomic E-state index is -3.76. The smallest absolute Gasteiger partial charge is 0.240 e. The summed E-state index contributed by atoms with van der Waals surface area (Å²) in [6.07, 6.45) is -0.237. The van der Waals surface area contributed by atoms with Gasteiger partial charge in [-0.15, -0.1) is 0 Å². The minimum Gasteiger partial charge on any atom is -0.392 e. The molecule has 0 saturated heterocycles. The SMILES string of the molecule is CC(C)CC(O)CNS(=O)(=O)c1cccc(F)c1. The van der Waals surface area contributed by atoms with Gasteiger partial charge in [0.15, 0.2) is 0 Å². The van der Waals surface area contributed by atoms with E-state index in [9.17, 15) is 17.9 Å². The van der Waals surface area contributed by atoms with Crippen LogP contribution < -0.4 is 4.72 Å². The molecule has 0 aliphatic carbocycles. The molecular weight excluding hydrogens is 257 g/mol. The van der Waals surface area contributed by atoms with Gasteiger partial charge in [-0.05, 0) is 30.5 Å². The van der Waals surface area contributed by atoms with E-state index in [1.54, 1.807) is 0 Å². The second kappa shape index (κ2) is 6.26. The fraction of sp³-hybridized carbons (Fsp3) is 0.500.